The summed E-state index contributed by atoms with van der Waals surface area (Å²) in [6, 6.07) is 3.49. The minimum Gasteiger partial charge on any atom is -0.508 e. The molecule has 90 valence electrons. The highest BCUT2D eigenvalue weighted by molar-refractivity contribution is 5.80. The maximum Gasteiger partial charge on any atom is 0.408 e. The highest BCUT2D eigenvalue weighted by atomic mass is 16.4. The Labute approximate surface area is 96.7 Å². The molecule has 1 aromatic rings. The second-order valence-corrected chi connectivity index (χ2v) is 3.92. The lowest BCUT2D eigenvalue weighted by Gasteiger charge is -2.32. The maximum atomic E-state index is 11.0. The van der Waals surface area contributed by atoms with Crippen molar-refractivity contribution in [3.8, 4) is 5.75 Å². The third kappa shape index (κ3) is 2.01. The summed E-state index contributed by atoms with van der Waals surface area (Å²) >= 11 is 0. The van der Waals surface area contributed by atoms with Crippen molar-refractivity contribution in [2.45, 2.75) is 19.0 Å². The number of fused-ring (bicyclic) bond motifs is 1. The molecule has 0 aliphatic carbocycles. The van der Waals surface area contributed by atoms with E-state index in [1.807, 2.05) is 0 Å². The summed E-state index contributed by atoms with van der Waals surface area (Å²) in [7, 11) is 0. The standard InChI is InChI=1S/C11H11NO5/c13-8-2-1-6-4-9(10(14)15)12(11(16)17)5-7(6)3-8/h1-3,9,13H,4-5H2,(H,14,15)(H,16,17). The number of phenols is 1. The molecule has 1 atom stereocenters. The molecule has 6 heteroatoms. The van der Waals surface area contributed by atoms with Gasteiger partial charge in [-0.3, -0.25) is 4.90 Å². The fraction of sp³-hybridized carbons (Fsp3) is 0.273. The molecule has 0 saturated carbocycles. The van der Waals surface area contributed by atoms with Crippen molar-refractivity contribution in [3.63, 3.8) is 0 Å². The summed E-state index contributed by atoms with van der Waals surface area (Å²) in [5.41, 5.74) is 1.40. The first-order valence-electron chi connectivity index (χ1n) is 5.02. The zero-order chi connectivity index (χ0) is 12.6. The van der Waals surface area contributed by atoms with E-state index in [9.17, 15) is 14.7 Å². The molecule has 2 rings (SSSR count). The normalized spacial score (nSPS) is 18.6. The first-order chi connectivity index (χ1) is 7.99. The van der Waals surface area contributed by atoms with Crippen molar-refractivity contribution >= 4 is 12.1 Å². The Bertz CT molecular complexity index is 485. The summed E-state index contributed by atoms with van der Waals surface area (Å²) in [5, 5.41) is 27.2. The Morgan fingerprint density at radius 3 is 2.53 bits per heavy atom. The van der Waals surface area contributed by atoms with Crippen molar-refractivity contribution in [1.82, 2.24) is 4.90 Å². The van der Waals surface area contributed by atoms with Gasteiger partial charge in [-0.05, 0) is 23.3 Å². The molecule has 1 heterocycles. The van der Waals surface area contributed by atoms with Crippen molar-refractivity contribution < 1.29 is 24.9 Å². The molecule has 0 spiro atoms. The monoisotopic (exact) mass is 237 g/mol. The molecule has 0 bridgehead atoms. The number of hydrogen-bond acceptors (Lipinski definition) is 3. The average molecular weight is 237 g/mol. The number of aliphatic carboxylic acids is 1. The van der Waals surface area contributed by atoms with E-state index >= 15 is 0 Å². The van der Waals surface area contributed by atoms with Crippen LogP contribution in [0.1, 0.15) is 11.1 Å². The fourth-order valence-electron chi connectivity index (χ4n) is 1.99. The highest BCUT2D eigenvalue weighted by Gasteiger charge is 2.34. The zero-order valence-corrected chi connectivity index (χ0v) is 8.83. The summed E-state index contributed by atoms with van der Waals surface area (Å²) in [6.07, 6.45) is -1.15. The van der Waals surface area contributed by atoms with Crippen LogP contribution in [0.25, 0.3) is 0 Å². The second-order valence-electron chi connectivity index (χ2n) is 3.92. The molecule has 1 unspecified atom stereocenters. The minimum atomic E-state index is -1.27. The summed E-state index contributed by atoms with van der Waals surface area (Å²) in [6.45, 7) is -0.0178. The van der Waals surface area contributed by atoms with Crippen LogP contribution in [0, 0.1) is 0 Å². The molecule has 3 N–H and O–H groups in total. The molecule has 0 radical (unpaired) electrons. The van der Waals surface area contributed by atoms with Crippen molar-refractivity contribution in [2.75, 3.05) is 0 Å². The number of carboxylic acid groups (broad SMARTS) is 2. The van der Waals surface area contributed by atoms with Gasteiger partial charge in [0.15, 0.2) is 0 Å². The Morgan fingerprint density at radius 2 is 1.94 bits per heavy atom. The number of rotatable bonds is 1. The Balaban J connectivity index is 2.39. The second kappa shape index (κ2) is 3.97. The number of amides is 1. The van der Waals surface area contributed by atoms with Crippen LogP contribution in [-0.4, -0.2) is 38.3 Å². The van der Waals surface area contributed by atoms with Gasteiger partial charge in [-0.15, -0.1) is 0 Å². The van der Waals surface area contributed by atoms with E-state index in [0.29, 0.717) is 5.56 Å². The van der Waals surface area contributed by atoms with E-state index in [0.717, 1.165) is 10.5 Å². The number of hydrogen-bond donors (Lipinski definition) is 3. The zero-order valence-electron chi connectivity index (χ0n) is 8.83. The van der Waals surface area contributed by atoms with E-state index in [4.69, 9.17) is 10.2 Å². The van der Waals surface area contributed by atoms with Crippen LogP contribution < -0.4 is 0 Å². The topological polar surface area (TPSA) is 98.1 Å². The van der Waals surface area contributed by atoms with Crippen LogP contribution in [0.3, 0.4) is 0 Å². The van der Waals surface area contributed by atoms with E-state index < -0.39 is 18.1 Å². The van der Waals surface area contributed by atoms with Crippen molar-refractivity contribution in [2.24, 2.45) is 0 Å². The van der Waals surface area contributed by atoms with Crippen LogP contribution >= 0.6 is 0 Å². The smallest absolute Gasteiger partial charge is 0.408 e. The number of aromatic hydroxyl groups is 1. The van der Waals surface area contributed by atoms with Crippen molar-refractivity contribution in [1.29, 1.82) is 0 Å². The molecule has 0 aromatic heterocycles. The molecular formula is C11H11NO5. The first kappa shape index (κ1) is 11.3. The predicted molar refractivity (Wildman–Crippen MR) is 56.8 cm³/mol. The van der Waals surface area contributed by atoms with E-state index in [1.54, 1.807) is 6.07 Å². The lowest BCUT2D eigenvalue weighted by atomic mass is 9.94. The molecule has 6 nitrogen and oxygen atoms in total. The Morgan fingerprint density at radius 1 is 1.24 bits per heavy atom. The Kier molecular flexibility index (Phi) is 2.63. The number of carboxylic acids is 1. The largest absolute Gasteiger partial charge is 0.508 e. The Hall–Kier alpha value is -2.24. The number of carbonyl (C=O) groups is 2. The average Bonchev–Trinajstić information content (AvgIpc) is 2.26. The molecule has 1 aliphatic rings. The SMILES string of the molecule is O=C(O)C1Cc2ccc(O)cc2CN1C(=O)O. The van der Waals surface area contributed by atoms with Crippen LogP contribution in [0.5, 0.6) is 5.75 Å². The summed E-state index contributed by atoms with van der Waals surface area (Å²) < 4.78 is 0. The van der Waals surface area contributed by atoms with Gasteiger partial charge in [-0.25, -0.2) is 9.59 Å². The van der Waals surface area contributed by atoms with Gasteiger partial charge >= 0.3 is 12.1 Å². The van der Waals surface area contributed by atoms with Gasteiger partial charge in [-0.1, -0.05) is 6.07 Å². The lowest BCUT2D eigenvalue weighted by Crippen LogP contribution is -2.48. The van der Waals surface area contributed by atoms with Gasteiger partial charge < -0.3 is 15.3 Å². The van der Waals surface area contributed by atoms with Crippen LogP contribution in [-0.2, 0) is 17.8 Å². The molecule has 1 amide bonds. The number of phenolic OH excluding ortho intramolecular Hbond substituents is 1. The van der Waals surface area contributed by atoms with Crippen LogP contribution in [0.4, 0.5) is 4.79 Å². The van der Waals surface area contributed by atoms with E-state index in [2.05, 4.69) is 0 Å². The van der Waals surface area contributed by atoms with Gasteiger partial charge in [0.05, 0.1) is 6.54 Å². The molecule has 1 aliphatic heterocycles. The van der Waals surface area contributed by atoms with Gasteiger partial charge in [0.2, 0.25) is 0 Å². The number of nitrogens with zero attached hydrogens (tertiary/aromatic N) is 1. The van der Waals surface area contributed by atoms with E-state index in [-0.39, 0.29) is 18.7 Å². The highest BCUT2D eigenvalue weighted by Crippen LogP contribution is 2.26. The molecule has 0 saturated heterocycles. The number of benzene rings is 1. The van der Waals surface area contributed by atoms with Gasteiger partial charge in [0, 0.05) is 6.42 Å². The van der Waals surface area contributed by atoms with Gasteiger partial charge in [0.25, 0.3) is 0 Å². The first-order valence-corrected chi connectivity index (χ1v) is 5.02. The fourth-order valence-corrected chi connectivity index (χ4v) is 1.99. The quantitative estimate of drug-likeness (QED) is 0.673. The molecule has 17 heavy (non-hydrogen) atoms. The summed E-state index contributed by atoms with van der Waals surface area (Å²) in [5.74, 6) is -1.12. The van der Waals surface area contributed by atoms with Gasteiger partial charge in [-0.2, -0.15) is 0 Å². The van der Waals surface area contributed by atoms with Crippen molar-refractivity contribution in [3.05, 3.63) is 29.3 Å². The minimum absolute atomic E-state index is 0.0178. The summed E-state index contributed by atoms with van der Waals surface area (Å²) in [4.78, 5) is 22.8. The maximum absolute atomic E-state index is 11.0. The van der Waals surface area contributed by atoms with Crippen LogP contribution in [0.2, 0.25) is 0 Å². The van der Waals surface area contributed by atoms with Gasteiger partial charge in [0.1, 0.15) is 11.8 Å². The lowest BCUT2D eigenvalue weighted by molar-refractivity contribution is -0.143. The third-order valence-corrected chi connectivity index (χ3v) is 2.85. The predicted octanol–water partition coefficient (Wildman–Crippen LogP) is 0.881. The molecule has 0 fully saturated rings. The molecular weight excluding hydrogens is 226 g/mol. The molecule has 1 aromatic carbocycles. The van der Waals surface area contributed by atoms with Crippen LogP contribution in [0.15, 0.2) is 18.2 Å². The third-order valence-electron chi connectivity index (χ3n) is 2.85. The van der Waals surface area contributed by atoms with E-state index in [1.165, 1.54) is 12.1 Å².